The Kier molecular flexibility index (Phi) is 8.06. The number of carbonyl (C=O) groups excluding carboxylic acids is 1. The normalized spacial score (nSPS) is 40.1. The van der Waals surface area contributed by atoms with Gasteiger partial charge in [-0.2, -0.15) is 0 Å². The van der Waals surface area contributed by atoms with E-state index < -0.39 is 0 Å². The van der Waals surface area contributed by atoms with Crippen LogP contribution >= 0.6 is 0 Å². The number of hydrogen-bond acceptors (Lipinski definition) is 3. The molecule has 194 valence electrons. The minimum atomic E-state index is -0.304. The molecule has 4 rings (SSSR count). The van der Waals surface area contributed by atoms with Crippen LogP contribution < -0.4 is 11.1 Å². The quantitative estimate of drug-likeness (QED) is 0.371. The molecule has 0 radical (unpaired) electrons. The van der Waals surface area contributed by atoms with Crippen molar-refractivity contribution in [3.8, 4) is 0 Å². The van der Waals surface area contributed by atoms with Crippen molar-refractivity contribution in [3.05, 3.63) is 11.6 Å². The molecule has 3 N–H and O–H groups in total. The molecule has 0 bridgehead atoms. The van der Waals surface area contributed by atoms with E-state index in [1.54, 1.807) is 5.57 Å². The number of ether oxygens (including phenoxy) is 1. The van der Waals surface area contributed by atoms with E-state index in [1.807, 2.05) is 0 Å². The summed E-state index contributed by atoms with van der Waals surface area (Å²) < 4.78 is 5.75. The second-order valence-corrected chi connectivity index (χ2v) is 13.3. The summed E-state index contributed by atoms with van der Waals surface area (Å²) in [5.74, 6) is 5.18. The molecule has 4 aliphatic carbocycles. The van der Waals surface area contributed by atoms with Crippen LogP contribution in [0, 0.1) is 46.3 Å². The largest absolute Gasteiger partial charge is 0.446 e. The van der Waals surface area contributed by atoms with Gasteiger partial charge in [-0.15, -0.1) is 0 Å². The van der Waals surface area contributed by atoms with Gasteiger partial charge in [-0.1, -0.05) is 65.5 Å². The molecular weight excluding hydrogens is 420 g/mol. The third kappa shape index (κ3) is 4.95. The Morgan fingerprint density at radius 2 is 1.91 bits per heavy atom. The van der Waals surface area contributed by atoms with Gasteiger partial charge in [0.1, 0.15) is 6.10 Å². The molecule has 8 atom stereocenters. The van der Waals surface area contributed by atoms with Crippen LogP contribution in [0.5, 0.6) is 0 Å². The van der Waals surface area contributed by atoms with Crippen LogP contribution in [0.4, 0.5) is 4.79 Å². The van der Waals surface area contributed by atoms with Crippen LogP contribution in [0.2, 0.25) is 0 Å². The van der Waals surface area contributed by atoms with Crippen molar-refractivity contribution in [2.45, 2.75) is 111 Å². The summed E-state index contributed by atoms with van der Waals surface area (Å²) in [6.07, 6.45) is 16.5. The lowest BCUT2D eigenvalue weighted by molar-refractivity contribution is -0.0581. The average Bonchev–Trinajstić information content (AvgIpc) is 3.15. The summed E-state index contributed by atoms with van der Waals surface area (Å²) in [5, 5.41) is 2.76. The van der Waals surface area contributed by atoms with E-state index in [1.165, 1.54) is 51.4 Å². The summed E-state index contributed by atoms with van der Waals surface area (Å²) in [5.41, 5.74) is 7.93. The molecule has 1 unspecified atom stereocenters. The van der Waals surface area contributed by atoms with Crippen molar-refractivity contribution in [1.29, 1.82) is 0 Å². The highest BCUT2D eigenvalue weighted by Crippen LogP contribution is 2.67. The van der Waals surface area contributed by atoms with Crippen molar-refractivity contribution in [2.75, 3.05) is 13.1 Å². The Hall–Kier alpha value is -1.03. The van der Waals surface area contributed by atoms with Gasteiger partial charge in [-0.25, -0.2) is 4.79 Å². The number of hydrogen-bond donors (Lipinski definition) is 2. The lowest BCUT2D eigenvalue weighted by Crippen LogP contribution is -2.51. The van der Waals surface area contributed by atoms with E-state index in [9.17, 15) is 4.79 Å². The fourth-order valence-electron chi connectivity index (χ4n) is 9.12. The second-order valence-electron chi connectivity index (χ2n) is 13.3. The predicted octanol–water partition coefficient (Wildman–Crippen LogP) is 7.08. The molecule has 3 saturated carbocycles. The Bertz CT molecular complexity index is 748. The van der Waals surface area contributed by atoms with Crippen molar-refractivity contribution in [2.24, 2.45) is 52.1 Å². The van der Waals surface area contributed by atoms with Gasteiger partial charge in [-0.3, -0.25) is 0 Å². The summed E-state index contributed by atoms with van der Waals surface area (Å²) in [7, 11) is 0. The Balaban J connectivity index is 1.41. The van der Waals surface area contributed by atoms with Gasteiger partial charge in [0, 0.05) is 19.5 Å². The predicted molar refractivity (Wildman–Crippen MR) is 140 cm³/mol. The van der Waals surface area contributed by atoms with Gasteiger partial charge >= 0.3 is 6.09 Å². The van der Waals surface area contributed by atoms with Gasteiger partial charge in [0.15, 0.2) is 0 Å². The summed E-state index contributed by atoms with van der Waals surface area (Å²) in [4.78, 5) is 12.1. The molecule has 0 aromatic rings. The molecule has 0 aromatic heterocycles. The molecule has 34 heavy (non-hydrogen) atoms. The van der Waals surface area contributed by atoms with E-state index >= 15 is 0 Å². The number of nitrogens with one attached hydrogen (secondary N) is 1. The Morgan fingerprint density at radius 1 is 1.12 bits per heavy atom. The van der Waals surface area contributed by atoms with Crippen LogP contribution in [0.3, 0.4) is 0 Å². The Morgan fingerprint density at radius 3 is 2.65 bits per heavy atom. The molecule has 0 heterocycles. The van der Waals surface area contributed by atoms with Gasteiger partial charge in [-0.05, 0) is 91.3 Å². The van der Waals surface area contributed by atoms with Crippen LogP contribution in [0.25, 0.3) is 0 Å². The molecule has 0 spiro atoms. The standard InChI is InChI=1S/C30H52N2O2/c1-20(2)7-6-8-21(3)25-11-12-26-24-10-9-22-19-23(34-28(33)32-18-17-31)13-15-29(22,4)27(24)14-16-30(25,26)5/h9,20-21,23-27H,6-8,10-19,31H2,1-5H3,(H,32,33)/t21-,23+,24?,25-,26+,27+,29+,30-/m1/s1. The van der Waals surface area contributed by atoms with Crippen molar-refractivity contribution in [1.82, 2.24) is 5.32 Å². The summed E-state index contributed by atoms with van der Waals surface area (Å²) in [6, 6.07) is 0. The first-order valence-electron chi connectivity index (χ1n) is 14.5. The maximum atomic E-state index is 12.1. The van der Waals surface area contributed by atoms with Gasteiger partial charge < -0.3 is 15.8 Å². The van der Waals surface area contributed by atoms with Crippen molar-refractivity contribution < 1.29 is 9.53 Å². The van der Waals surface area contributed by atoms with Crippen molar-refractivity contribution >= 4 is 6.09 Å². The molecule has 0 saturated heterocycles. The highest BCUT2D eigenvalue weighted by atomic mass is 16.6. The second kappa shape index (κ2) is 10.5. The van der Waals surface area contributed by atoms with E-state index in [2.05, 4.69) is 46.0 Å². The van der Waals surface area contributed by atoms with Crippen LogP contribution in [0.15, 0.2) is 11.6 Å². The minimum absolute atomic E-state index is 0.0186. The first-order chi connectivity index (χ1) is 16.2. The number of rotatable bonds is 8. The SMILES string of the molecule is CC(C)CCC[C@@H](C)[C@H]1CC[C@H]2C3CC=C4C[C@@H](OC(=O)NCCN)CC[C@]4(C)[C@H]3CC[C@]12C. The highest BCUT2D eigenvalue weighted by molar-refractivity contribution is 5.67. The van der Waals surface area contributed by atoms with Crippen LogP contribution in [-0.4, -0.2) is 25.3 Å². The molecule has 0 aliphatic heterocycles. The summed E-state index contributed by atoms with van der Waals surface area (Å²) in [6.45, 7) is 13.4. The summed E-state index contributed by atoms with van der Waals surface area (Å²) >= 11 is 0. The molecule has 3 fully saturated rings. The lowest BCUT2D eigenvalue weighted by atomic mass is 9.47. The van der Waals surface area contributed by atoms with Gasteiger partial charge in [0.25, 0.3) is 0 Å². The molecule has 4 heteroatoms. The number of nitrogens with two attached hydrogens (primary N) is 1. The fourth-order valence-corrected chi connectivity index (χ4v) is 9.12. The molecule has 1 amide bonds. The Labute approximate surface area is 209 Å². The maximum Gasteiger partial charge on any atom is 0.407 e. The number of fused-ring (bicyclic) bond motifs is 5. The van der Waals surface area contributed by atoms with E-state index in [4.69, 9.17) is 10.5 Å². The zero-order valence-electron chi connectivity index (χ0n) is 22.7. The molecule has 0 aromatic carbocycles. The number of allylic oxidation sites excluding steroid dienone is 1. The monoisotopic (exact) mass is 472 g/mol. The molecule has 4 aliphatic rings. The lowest BCUT2D eigenvalue weighted by Gasteiger charge is -2.58. The minimum Gasteiger partial charge on any atom is -0.446 e. The third-order valence-electron chi connectivity index (χ3n) is 10.9. The van der Waals surface area contributed by atoms with Crippen LogP contribution in [0.1, 0.15) is 105 Å². The van der Waals surface area contributed by atoms with Crippen molar-refractivity contribution in [3.63, 3.8) is 0 Å². The molecule has 4 nitrogen and oxygen atoms in total. The first kappa shape index (κ1) is 26.0. The topological polar surface area (TPSA) is 64.3 Å². The van der Waals surface area contributed by atoms with E-state index in [0.29, 0.717) is 23.9 Å². The maximum absolute atomic E-state index is 12.1. The average molecular weight is 473 g/mol. The highest BCUT2D eigenvalue weighted by Gasteiger charge is 2.59. The van der Waals surface area contributed by atoms with E-state index in [-0.39, 0.29) is 12.2 Å². The zero-order valence-corrected chi connectivity index (χ0v) is 22.7. The number of alkyl carbamates (subject to hydrolysis) is 1. The first-order valence-corrected chi connectivity index (χ1v) is 14.5. The van der Waals surface area contributed by atoms with Crippen LogP contribution in [-0.2, 0) is 4.74 Å². The number of carbonyl (C=O) groups is 1. The molecular formula is C30H52N2O2. The van der Waals surface area contributed by atoms with Gasteiger partial charge in [0.2, 0.25) is 0 Å². The zero-order chi connectivity index (χ0) is 24.5. The van der Waals surface area contributed by atoms with Gasteiger partial charge in [0.05, 0.1) is 0 Å². The van der Waals surface area contributed by atoms with E-state index in [0.717, 1.165) is 54.8 Å². The third-order valence-corrected chi connectivity index (χ3v) is 10.9. The number of amides is 1. The smallest absolute Gasteiger partial charge is 0.407 e. The fraction of sp³-hybridized carbons (Fsp3) is 0.900.